The number of aromatic nitrogens is 1. The summed E-state index contributed by atoms with van der Waals surface area (Å²) in [5, 5.41) is 4.79. The molecule has 1 heterocycles. The summed E-state index contributed by atoms with van der Waals surface area (Å²) in [6.45, 7) is 0. The first-order valence-corrected chi connectivity index (χ1v) is 8.46. The molecule has 0 saturated carbocycles. The number of carbonyl (C=O) groups is 2. The van der Waals surface area contributed by atoms with E-state index < -0.39 is 23.9 Å². The van der Waals surface area contributed by atoms with Crippen molar-refractivity contribution >= 4 is 28.4 Å². The highest BCUT2D eigenvalue weighted by Crippen LogP contribution is 2.29. The Kier molecular flexibility index (Phi) is 5.66. The molecule has 0 aliphatic heterocycles. The molecule has 2 atom stereocenters. The van der Waals surface area contributed by atoms with Gasteiger partial charge >= 0.3 is 11.9 Å². The molecule has 0 radical (unpaired) electrons. The summed E-state index contributed by atoms with van der Waals surface area (Å²) in [5.74, 6) is -2.13. The minimum Gasteiger partial charge on any atom is -0.468 e. The summed E-state index contributed by atoms with van der Waals surface area (Å²) in [5.41, 5.74) is 1.14. The van der Waals surface area contributed by atoms with Crippen molar-refractivity contribution in [2.75, 3.05) is 19.5 Å². The molecule has 3 rings (SSSR count). The van der Waals surface area contributed by atoms with E-state index in [1.54, 1.807) is 18.3 Å². The molecule has 1 N–H and O–H groups in total. The topological polar surface area (TPSA) is 77.5 Å². The van der Waals surface area contributed by atoms with Gasteiger partial charge in [0.1, 0.15) is 12.0 Å². The van der Waals surface area contributed by atoms with Crippen LogP contribution in [0, 0.1) is 0 Å². The molecule has 1 aromatic heterocycles. The molecule has 0 spiro atoms. The van der Waals surface area contributed by atoms with Crippen LogP contribution in [0.25, 0.3) is 10.8 Å². The number of esters is 2. The lowest BCUT2D eigenvalue weighted by molar-refractivity contribution is -0.150. The lowest BCUT2D eigenvalue weighted by Gasteiger charge is -2.25. The molecular formula is C21H20N2O4. The molecule has 2 unspecified atom stereocenters. The number of nitrogens with zero attached hydrogens (tertiary/aromatic N) is 1. The van der Waals surface area contributed by atoms with Gasteiger partial charge in [0, 0.05) is 17.3 Å². The maximum Gasteiger partial charge on any atom is 0.329 e. The molecule has 3 aromatic rings. The molecule has 0 fully saturated rings. The summed E-state index contributed by atoms with van der Waals surface area (Å²) in [4.78, 5) is 29.7. The second-order valence-electron chi connectivity index (χ2n) is 5.93. The Bertz CT molecular complexity index is 938. The molecule has 6 nitrogen and oxygen atoms in total. The van der Waals surface area contributed by atoms with Gasteiger partial charge < -0.3 is 14.8 Å². The first-order chi connectivity index (χ1) is 13.2. The van der Waals surface area contributed by atoms with Crippen LogP contribution in [0.15, 0.2) is 66.9 Å². The van der Waals surface area contributed by atoms with Crippen LogP contribution < -0.4 is 5.32 Å². The number of hydrogen-bond donors (Lipinski definition) is 1. The zero-order valence-corrected chi connectivity index (χ0v) is 15.1. The molecule has 0 aliphatic rings. The standard InChI is InChI=1S/C21H20N2O4/c1-26-20(24)17(18-16-11-7-6-8-14(16)12-13-22-18)19(21(25)27-2)23-15-9-4-3-5-10-15/h3-13,17,19,23H,1-2H3. The van der Waals surface area contributed by atoms with Gasteiger partial charge in [-0.2, -0.15) is 0 Å². The molecular weight excluding hydrogens is 344 g/mol. The quantitative estimate of drug-likeness (QED) is 0.677. The molecule has 0 saturated heterocycles. The fraction of sp³-hybridized carbons (Fsp3) is 0.190. The number of benzene rings is 2. The maximum atomic E-state index is 12.7. The summed E-state index contributed by atoms with van der Waals surface area (Å²) >= 11 is 0. The number of fused-ring (bicyclic) bond motifs is 1. The number of pyridine rings is 1. The van der Waals surface area contributed by atoms with Gasteiger partial charge in [0.15, 0.2) is 0 Å². The lowest BCUT2D eigenvalue weighted by Crippen LogP contribution is -2.41. The third-order valence-electron chi connectivity index (χ3n) is 4.34. The van der Waals surface area contributed by atoms with E-state index in [1.807, 2.05) is 48.5 Å². The highest BCUT2D eigenvalue weighted by molar-refractivity contribution is 5.95. The summed E-state index contributed by atoms with van der Waals surface area (Å²) in [6.07, 6.45) is 1.62. The fourth-order valence-corrected chi connectivity index (χ4v) is 3.04. The van der Waals surface area contributed by atoms with E-state index in [-0.39, 0.29) is 0 Å². The van der Waals surface area contributed by atoms with Gasteiger partial charge in [0.25, 0.3) is 0 Å². The molecule has 0 aliphatic carbocycles. The average Bonchev–Trinajstić information content (AvgIpc) is 2.73. The summed E-state index contributed by atoms with van der Waals surface area (Å²) in [6, 6.07) is 17.5. The van der Waals surface area contributed by atoms with Crippen LogP contribution in [0.5, 0.6) is 0 Å². The predicted molar refractivity (Wildman–Crippen MR) is 102 cm³/mol. The second kappa shape index (κ2) is 8.31. The fourth-order valence-electron chi connectivity index (χ4n) is 3.04. The van der Waals surface area contributed by atoms with Crippen molar-refractivity contribution in [3.63, 3.8) is 0 Å². The number of anilines is 1. The Hall–Kier alpha value is -3.41. The lowest BCUT2D eigenvalue weighted by atomic mass is 9.91. The van der Waals surface area contributed by atoms with Crippen LogP contribution in [-0.4, -0.2) is 37.2 Å². The molecule has 138 valence electrons. The van der Waals surface area contributed by atoms with Gasteiger partial charge in [-0.05, 0) is 23.6 Å². The molecule has 0 amide bonds. The van der Waals surface area contributed by atoms with Crippen LogP contribution in [0.1, 0.15) is 11.6 Å². The van der Waals surface area contributed by atoms with Crippen LogP contribution in [-0.2, 0) is 19.1 Å². The number of rotatable bonds is 6. The molecule has 0 bridgehead atoms. The first kappa shape index (κ1) is 18.4. The second-order valence-corrected chi connectivity index (χ2v) is 5.93. The smallest absolute Gasteiger partial charge is 0.329 e. The number of nitrogens with one attached hydrogen (secondary N) is 1. The van der Waals surface area contributed by atoms with Crippen LogP contribution in [0.3, 0.4) is 0 Å². The molecule has 27 heavy (non-hydrogen) atoms. The van der Waals surface area contributed by atoms with E-state index in [0.717, 1.165) is 10.8 Å². The largest absolute Gasteiger partial charge is 0.468 e. The Morgan fingerprint density at radius 2 is 1.56 bits per heavy atom. The third kappa shape index (κ3) is 3.89. The van der Waals surface area contributed by atoms with E-state index in [2.05, 4.69) is 10.3 Å². The minimum atomic E-state index is -0.997. The first-order valence-electron chi connectivity index (χ1n) is 8.46. The summed E-state index contributed by atoms with van der Waals surface area (Å²) < 4.78 is 9.96. The Labute approximate surface area is 157 Å². The van der Waals surface area contributed by atoms with Gasteiger partial charge in [-0.15, -0.1) is 0 Å². The van der Waals surface area contributed by atoms with Crippen LogP contribution >= 0.6 is 0 Å². The van der Waals surface area contributed by atoms with E-state index in [4.69, 9.17) is 9.47 Å². The SMILES string of the molecule is COC(=O)C(Nc1ccccc1)C(C(=O)OC)c1nccc2ccccc12. The van der Waals surface area contributed by atoms with Crippen molar-refractivity contribution in [2.24, 2.45) is 0 Å². The third-order valence-corrected chi connectivity index (χ3v) is 4.34. The Morgan fingerprint density at radius 3 is 2.26 bits per heavy atom. The van der Waals surface area contributed by atoms with E-state index in [0.29, 0.717) is 11.4 Å². The number of ether oxygens (including phenoxy) is 2. The number of para-hydroxylation sites is 1. The maximum absolute atomic E-state index is 12.7. The minimum absolute atomic E-state index is 0.457. The highest BCUT2D eigenvalue weighted by atomic mass is 16.5. The van der Waals surface area contributed by atoms with Gasteiger partial charge in [-0.3, -0.25) is 9.78 Å². The van der Waals surface area contributed by atoms with E-state index in [9.17, 15) is 9.59 Å². The highest BCUT2D eigenvalue weighted by Gasteiger charge is 2.39. The van der Waals surface area contributed by atoms with Crippen molar-refractivity contribution in [3.05, 3.63) is 72.6 Å². The number of hydrogen-bond acceptors (Lipinski definition) is 6. The van der Waals surface area contributed by atoms with Crippen molar-refractivity contribution in [1.82, 2.24) is 4.98 Å². The van der Waals surface area contributed by atoms with Gasteiger partial charge in [-0.1, -0.05) is 42.5 Å². The zero-order chi connectivity index (χ0) is 19.2. The van der Waals surface area contributed by atoms with Crippen molar-refractivity contribution in [1.29, 1.82) is 0 Å². The average molecular weight is 364 g/mol. The van der Waals surface area contributed by atoms with Crippen molar-refractivity contribution in [2.45, 2.75) is 12.0 Å². The number of carbonyl (C=O) groups excluding carboxylic acids is 2. The predicted octanol–water partition coefficient (Wildman–Crippen LogP) is 3.15. The normalized spacial score (nSPS) is 12.8. The van der Waals surface area contributed by atoms with E-state index >= 15 is 0 Å². The summed E-state index contributed by atoms with van der Waals surface area (Å²) in [7, 11) is 2.57. The van der Waals surface area contributed by atoms with Crippen molar-refractivity contribution in [3.8, 4) is 0 Å². The Balaban J connectivity index is 2.13. The van der Waals surface area contributed by atoms with Crippen LogP contribution in [0.2, 0.25) is 0 Å². The van der Waals surface area contributed by atoms with Gasteiger partial charge in [0.05, 0.1) is 19.9 Å². The molecule has 2 aromatic carbocycles. The Morgan fingerprint density at radius 1 is 0.889 bits per heavy atom. The van der Waals surface area contributed by atoms with Crippen LogP contribution in [0.4, 0.5) is 5.69 Å². The monoisotopic (exact) mass is 364 g/mol. The van der Waals surface area contributed by atoms with E-state index in [1.165, 1.54) is 14.2 Å². The molecule has 6 heteroatoms. The zero-order valence-electron chi connectivity index (χ0n) is 15.1. The van der Waals surface area contributed by atoms with Crippen molar-refractivity contribution < 1.29 is 19.1 Å². The number of methoxy groups -OCH3 is 2. The van der Waals surface area contributed by atoms with Gasteiger partial charge in [0.2, 0.25) is 0 Å². The van der Waals surface area contributed by atoms with Gasteiger partial charge in [-0.25, -0.2) is 4.79 Å².